The Bertz CT molecular complexity index is 105. The van der Waals surface area contributed by atoms with E-state index in [2.05, 4.69) is 0 Å². The third-order valence-electron chi connectivity index (χ3n) is 0.412. The van der Waals surface area contributed by atoms with Gasteiger partial charge in [-0.05, 0) is 13.8 Å². The summed E-state index contributed by atoms with van der Waals surface area (Å²) in [4.78, 5) is 10.0. The summed E-state index contributed by atoms with van der Waals surface area (Å²) in [6, 6.07) is 0. The van der Waals surface area contributed by atoms with Crippen molar-refractivity contribution in [3.63, 3.8) is 0 Å². The maximum Gasteiger partial charge on any atom is 0.155 e. The third kappa shape index (κ3) is 17.7. The molecule has 0 rings (SSSR count). The average Bonchev–Trinajstić information content (AvgIpc) is 1.27. The van der Waals surface area contributed by atoms with Gasteiger partial charge in [0.15, 0.2) is 5.78 Å². The van der Waals surface area contributed by atoms with Crippen LogP contribution in [0, 0.1) is 40.8 Å². The number of aliphatic hydroxyl groups excluding tert-OH is 1. The van der Waals surface area contributed by atoms with Crippen molar-refractivity contribution in [2.45, 2.75) is 13.8 Å². The van der Waals surface area contributed by atoms with Gasteiger partial charge in [0.2, 0.25) is 0 Å². The van der Waals surface area contributed by atoms with E-state index in [0.29, 0.717) is 0 Å². The van der Waals surface area contributed by atoms with Gasteiger partial charge in [0.05, 0.1) is 5.76 Å². The normalized spacial score (nSPS) is 8.89. The Morgan fingerprint density at radius 3 is 1.78 bits per heavy atom. The Labute approximate surface area is 87.0 Å². The van der Waals surface area contributed by atoms with Gasteiger partial charge in [-0.1, -0.05) is 0 Å². The van der Waals surface area contributed by atoms with Gasteiger partial charge in [-0.3, -0.25) is 4.79 Å². The molecular formula is C5H10NdO3. The SMILES string of the molecule is CC(=O)/C=C(/C)O.O.[Nd]. The number of rotatable bonds is 1. The minimum absolute atomic E-state index is 0. The molecule has 3 nitrogen and oxygen atoms in total. The first-order valence-corrected chi connectivity index (χ1v) is 2.01. The summed E-state index contributed by atoms with van der Waals surface area (Å²) in [7, 11) is 0. The Kier molecular flexibility index (Phi) is 15.4. The van der Waals surface area contributed by atoms with Gasteiger partial charge in [-0.25, -0.2) is 0 Å². The predicted molar refractivity (Wildman–Crippen MR) is 30.7 cm³/mol. The van der Waals surface area contributed by atoms with Crippen LogP contribution in [0.4, 0.5) is 0 Å². The predicted octanol–water partition coefficient (Wildman–Crippen LogP) is 0.213. The molecule has 0 aliphatic heterocycles. The van der Waals surface area contributed by atoms with E-state index in [-0.39, 0.29) is 57.9 Å². The average molecular weight is 262 g/mol. The van der Waals surface area contributed by atoms with Crippen molar-refractivity contribution < 1.29 is 56.2 Å². The fourth-order valence-electron chi connectivity index (χ4n) is 0.294. The molecule has 0 atom stereocenters. The Morgan fingerprint density at radius 2 is 1.78 bits per heavy atom. The second-order valence-corrected chi connectivity index (χ2v) is 1.40. The van der Waals surface area contributed by atoms with Gasteiger partial charge in [-0.2, -0.15) is 0 Å². The van der Waals surface area contributed by atoms with Crippen LogP contribution >= 0.6 is 0 Å². The van der Waals surface area contributed by atoms with Gasteiger partial charge in [-0.15, -0.1) is 0 Å². The second kappa shape index (κ2) is 8.52. The van der Waals surface area contributed by atoms with E-state index in [4.69, 9.17) is 5.11 Å². The fourth-order valence-corrected chi connectivity index (χ4v) is 0.294. The van der Waals surface area contributed by atoms with E-state index >= 15 is 0 Å². The molecule has 0 saturated heterocycles. The van der Waals surface area contributed by atoms with Gasteiger partial charge in [0.25, 0.3) is 0 Å². The molecular weight excluding hydrogens is 252 g/mol. The monoisotopic (exact) mass is 260 g/mol. The molecule has 0 radical (unpaired) electrons. The molecule has 0 aliphatic rings. The quantitative estimate of drug-likeness (QED) is 0.542. The minimum atomic E-state index is -0.125. The number of carbonyl (C=O) groups excluding carboxylic acids is 1. The number of allylic oxidation sites excluding steroid dienone is 2. The van der Waals surface area contributed by atoms with Crippen LogP contribution in [0.25, 0.3) is 0 Å². The maximum absolute atomic E-state index is 10.0. The van der Waals surface area contributed by atoms with Crippen molar-refractivity contribution in [2.75, 3.05) is 0 Å². The Balaban J connectivity index is -0.000000180. The summed E-state index contributed by atoms with van der Waals surface area (Å²) in [5.41, 5.74) is 0. The van der Waals surface area contributed by atoms with Crippen molar-refractivity contribution in [3.8, 4) is 0 Å². The summed E-state index contributed by atoms with van der Waals surface area (Å²) in [5.74, 6) is -0.0625. The largest absolute Gasteiger partial charge is 0.512 e. The van der Waals surface area contributed by atoms with E-state index in [1.807, 2.05) is 0 Å². The molecule has 4 heteroatoms. The van der Waals surface area contributed by atoms with Crippen LogP contribution < -0.4 is 0 Å². The van der Waals surface area contributed by atoms with Gasteiger partial charge >= 0.3 is 0 Å². The van der Waals surface area contributed by atoms with Crippen molar-refractivity contribution in [3.05, 3.63) is 11.8 Å². The van der Waals surface area contributed by atoms with E-state index in [1.165, 1.54) is 19.9 Å². The minimum Gasteiger partial charge on any atom is -0.512 e. The Morgan fingerprint density at radius 1 is 1.44 bits per heavy atom. The Hall–Kier alpha value is 0.521. The van der Waals surface area contributed by atoms with Gasteiger partial charge < -0.3 is 10.6 Å². The van der Waals surface area contributed by atoms with Gasteiger partial charge in [0, 0.05) is 46.9 Å². The summed E-state index contributed by atoms with van der Waals surface area (Å²) >= 11 is 0. The summed E-state index contributed by atoms with van der Waals surface area (Å²) in [6.07, 6.45) is 1.17. The van der Waals surface area contributed by atoms with E-state index in [9.17, 15) is 4.79 Å². The standard InChI is InChI=1S/C5H8O2.Nd.H2O/c1-4(6)3-5(2)7;;/h3,6H,1-2H3;;1H2/b4-3-;;. The first-order chi connectivity index (χ1) is 3.13. The number of ketones is 1. The first kappa shape index (κ1) is 16.3. The molecule has 0 aliphatic carbocycles. The molecule has 0 unspecified atom stereocenters. The zero-order valence-electron chi connectivity index (χ0n) is 5.43. The molecule has 0 aromatic heterocycles. The van der Waals surface area contributed by atoms with E-state index in [0.717, 1.165) is 0 Å². The molecule has 0 bridgehead atoms. The molecule has 0 amide bonds. The van der Waals surface area contributed by atoms with Crippen molar-refractivity contribution in [1.82, 2.24) is 0 Å². The number of hydrogen-bond acceptors (Lipinski definition) is 2. The van der Waals surface area contributed by atoms with Gasteiger partial charge in [0.1, 0.15) is 0 Å². The molecule has 0 fully saturated rings. The van der Waals surface area contributed by atoms with Crippen LogP contribution in [-0.2, 0) is 4.79 Å². The fraction of sp³-hybridized carbons (Fsp3) is 0.400. The first-order valence-electron chi connectivity index (χ1n) is 2.01. The molecule has 52 valence electrons. The molecule has 0 saturated carbocycles. The number of aliphatic hydroxyl groups is 1. The van der Waals surface area contributed by atoms with Crippen molar-refractivity contribution in [1.29, 1.82) is 0 Å². The van der Waals surface area contributed by atoms with Crippen LogP contribution in [0.2, 0.25) is 0 Å². The third-order valence-corrected chi connectivity index (χ3v) is 0.412. The van der Waals surface area contributed by atoms with E-state index in [1.54, 1.807) is 0 Å². The van der Waals surface area contributed by atoms with Crippen LogP contribution in [-0.4, -0.2) is 16.4 Å². The molecule has 9 heavy (non-hydrogen) atoms. The van der Waals surface area contributed by atoms with Crippen molar-refractivity contribution in [2.24, 2.45) is 0 Å². The zero-order chi connectivity index (χ0) is 5.86. The van der Waals surface area contributed by atoms with Crippen LogP contribution in [0.3, 0.4) is 0 Å². The van der Waals surface area contributed by atoms with Crippen LogP contribution in [0.5, 0.6) is 0 Å². The molecule has 0 spiro atoms. The smallest absolute Gasteiger partial charge is 0.155 e. The topological polar surface area (TPSA) is 68.8 Å². The molecule has 0 heterocycles. The zero-order valence-corrected chi connectivity index (χ0v) is 8.64. The number of hydrogen-bond donors (Lipinski definition) is 1. The maximum atomic E-state index is 10.0. The summed E-state index contributed by atoms with van der Waals surface area (Å²) in [6.45, 7) is 2.85. The van der Waals surface area contributed by atoms with Crippen LogP contribution in [0.1, 0.15) is 13.8 Å². The summed E-state index contributed by atoms with van der Waals surface area (Å²) < 4.78 is 0. The molecule has 0 aromatic carbocycles. The molecule has 3 N–H and O–H groups in total. The van der Waals surface area contributed by atoms with Crippen LogP contribution in [0.15, 0.2) is 11.8 Å². The van der Waals surface area contributed by atoms with Crippen molar-refractivity contribution >= 4 is 5.78 Å². The number of carbonyl (C=O) groups is 1. The second-order valence-electron chi connectivity index (χ2n) is 1.40. The van der Waals surface area contributed by atoms with E-state index < -0.39 is 0 Å². The summed E-state index contributed by atoms with van der Waals surface area (Å²) in [5, 5.41) is 8.36. The molecule has 0 aromatic rings.